The first-order valence-corrected chi connectivity index (χ1v) is 9.60. The van der Waals surface area contributed by atoms with E-state index < -0.39 is 0 Å². The minimum Gasteiger partial charge on any atom is -0.360 e. The molecule has 0 aliphatic carbocycles. The number of aromatic nitrogens is 2. The van der Waals surface area contributed by atoms with E-state index in [2.05, 4.69) is 22.5 Å². The van der Waals surface area contributed by atoms with Gasteiger partial charge in [0.05, 0.1) is 18.3 Å². The third-order valence-electron chi connectivity index (χ3n) is 5.12. The molecule has 142 valence electrons. The molecule has 1 aromatic heterocycles. The molecule has 4 aromatic rings. The number of nitrogens with zero attached hydrogens (tertiary/aromatic N) is 3. The van der Waals surface area contributed by atoms with Gasteiger partial charge in [-0.05, 0) is 29.8 Å². The summed E-state index contributed by atoms with van der Waals surface area (Å²) in [7, 11) is 0. The first-order valence-electron chi connectivity index (χ1n) is 9.60. The van der Waals surface area contributed by atoms with E-state index in [4.69, 9.17) is 0 Å². The SMILES string of the molecule is O=C1c2ccccc2N[C@H](c2cnn(Cc3ccccc3)c2)N1c1ccccc1. The van der Waals surface area contributed by atoms with Crippen LogP contribution in [-0.4, -0.2) is 15.7 Å². The van der Waals surface area contributed by atoms with Crippen LogP contribution in [0.15, 0.2) is 97.3 Å². The van der Waals surface area contributed by atoms with Crippen LogP contribution in [0.25, 0.3) is 0 Å². The second kappa shape index (κ2) is 7.28. The molecule has 5 rings (SSSR count). The Labute approximate surface area is 169 Å². The third kappa shape index (κ3) is 3.27. The topological polar surface area (TPSA) is 50.2 Å². The monoisotopic (exact) mass is 380 g/mol. The summed E-state index contributed by atoms with van der Waals surface area (Å²) >= 11 is 0. The summed E-state index contributed by atoms with van der Waals surface area (Å²) in [5, 5.41) is 8.06. The number of anilines is 2. The molecule has 29 heavy (non-hydrogen) atoms. The van der Waals surface area contributed by atoms with Crippen molar-refractivity contribution in [3.8, 4) is 0 Å². The van der Waals surface area contributed by atoms with Crippen LogP contribution in [0.1, 0.15) is 27.7 Å². The molecule has 0 fully saturated rings. The Morgan fingerprint density at radius 1 is 0.862 bits per heavy atom. The van der Waals surface area contributed by atoms with E-state index in [1.165, 1.54) is 5.56 Å². The maximum Gasteiger partial charge on any atom is 0.262 e. The molecule has 1 aliphatic rings. The average molecular weight is 380 g/mol. The largest absolute Gasteiger partial charge is 0.360 e. The van der Waals surface area contributed by atoms with Crippen LogP contribution >= 0.6 is 0 Å². The van der Waals surface area contributed by atoms with E-state index in [0.717, 1.165) is 16.9 Å². The van der Waals surface area contributed by atoms with Crippen LogP contribution in [-0.2, 0) is 6.54 Å². The molecule has 2 heterocycles. The van der Waals surface area contributed by atoms with E-state index in [1.807, 2.05) is 89.9 Å². The van der Waals surface area contributed by atoms with E-state index in [9.17, 15) is 4.79 Å². The van der Waals surface area contributed by atoms with Crippen LogP contribution in [0.3, 0.4) is 0 Å². The normalized spacial score (nSPS) is 15.7. The zero-order valence-corrected chi connectivity index (χ0v) is 15.8. The maximum absolute atomic E-state index is 13.4. The number of hydrogen-bond donors (Lipinski definition) is 1. The summed E-state index contributed by atoms with van der Waals surface area (Å²) < 4.78 is 1.90. The molecule has 3 aromatic carbocycles. The number of nitrogens with one attached hydrogen (secondary N) is 1. The van der Waals surface area contributed by atoms with Crippen molar-refractivity contribution in [2.45, 2.75) is 12.7 Å². The van der Waals surface area contributed by atoms with E-state index in [0.29, 0.717) is 12.1 Å². The summed E-state index contributed by atoms with van der Waals surface area (Å²) in [5.74, 6) is -0.0219. The number of benzene rings is 3. The zero-order chi connectivity index (χ0) is 19.6. The summed E-state index contributed by atoms with van der Waals surface area (Å²) in [6.07, 6.45) is 3.50. The molecule has 0 saturated heterocycles. The maximum atomic E-state index is 13.4. The molecular weight excluding hydrogens is 360 g/mol. The van der Waals surface area contributed by atoms with Gasteiger partial charge in [-0.3, -0.25) is 14.4 Å². The van der Waals surface area contributed by atoms with Gasteiger partial charge in [-0.1, -0.05) is 60.7 Å². The number of carbonyl (C=O) groups excluding carboxylic acids is 1. The third-order valence-corrected chi connectivity index (χ3v) is 5.12. The van der Waals surface area contributed by atoms with Crippen LogP contribution < -0.4 is 10.2 Å². The zero-order valence-electron chi connectivity index (χ0n) is 15.8. The van der Waals surface area contributed by atoms with Gasteiger partial charge in [0.1, 0.15) is 6.17 Å². The molecule has 0 bridgehead atoms. The van der Waals surface area contributed by atoms with Crippen LogP contribution in [0.4, 0.5) is 11.4 Å². The Morgan fingerprint density at radius 3 is 2.34 bits per heavy atom. The minimum atomic E-state index is -0.329. The molecule has 0 unspecified atom stereocenters. The lowest BCUT2D eigenvalue weighted by molar-refractivity contribution is 0.0975. The van der Waals surface area contributed by atoms with Gasteiger partial charge in [0.15, 0.2) is 0 Å². The summed E-state index contributed by atoms with van der Waals surface area (Å²) in [4.78, 5) is 15.2. The fourth-order valence-electron chi connectivity index (χ4n) is 3.72. The van der Waals surface area contributed by atoms with Crippen molar-refractivity contribution in [2.75, 3.05) is 10.2 Å². The van der Waals surface area contributed by atoms with Gasteiger partial charge in [0.2, 0.25) is 0 Å². The summed E-state index contributed by atoms with van der Waals surface area (Å²) in [6, 6.07) is 27.6. The minimum absolute atomic E-state index is 0.0219. The second-order valence-corrected chi connectivity index (χ2v) is 7.06. The standard InChI is InChI=1S/C24H20N4O/c29-24-21-13-7-8-14-22(21)26-23(28(24)20-11-5-2-6-12-20)19-15-25-27(17-19)16-18-9-3-1-4-10-18/h1-15,17,23,26H,16H2/t23-/m0/s1. The molecule has 1 amide bonds. The molecule has 1 aliphatic heterocycles. The fourth-order valence-corrected chi connectivity index (χ4v) is 3.72. The smallest absolute Gasteiger partial charge is 0.262 e. The molecule has 5 heteroatoms. The van der Waals surface area contributed by atoms with E-state index >= 15 is 0 Å². The number of para-hydroxylation sites is 2. The average Bonchev–Trinajstić information content (AvgIpc) is 3.23. The number of amides is 1. The van der Waals surface area contributed by atoms with E-state index in [1.54, 1.807) is 4.90 Å². The van der Waals surface area contributed by atoms with Crippen molar-refractivity contribution in [1.82, 2.24) is 9.78 Å². The van der Waals surface area contributed by atoms with Crippen LogP contribution in [0.2, 0.25) is 0 Å². The molecule has 5 nitrogen and oxygen atoms in total. The Balaban J connectivity index is 1.53. The Hall–Kier alpha value is -3.86. The van der Waals surface area contributed by atoms with Crippen molar-refractivity contribution < 1.29 is 4.79 Å². The molecule has 0 spiro atoms. The van der Waals surface area contributed by atoms with Crippen LogP contribution in [0.5, 0.6) is 0 Å². The lowest BCUT2D eigenvalue weighted by atomic mass is 10.0. The van der Waals surface area contributed by atoms with Gasteiger partial charge in [-0.2, -0.15) is 5.10 Å². The van der Waals surface area contributed by atoms with Crippen molar-refractivity contribution in [3.05, 3.63) is 114 Å². The first kappa shape index (κ1) is 17.3. The molecule has 1 atom stereocenters. The lowest BCUT2D eigenvalue weighted by Crippen LogP contribution is -2.43. The predicted octanol–water partition coefficient (Wildman–Crippen LogP) is 4.70. The Bertz CT molecular complexity index is 1140. The number of rotatable bonds is 4. The Kier molecular flexibility index (Phi) is 4.33. The Morgan fingerprint density at radius 2 is 1.55 bits per heavy atom. The van der Waals surface area contributed by atoms with Gasteiger partial charge in [0.25, 0.3) is 5.91 Å². The summed E-state index contributed by atoms with van der Waals surface area (Å²) in [5.41, 5.74) is 4.47. The van der Waals surface area contributed by atoms with Crippen molar-refractivity contribution >= 4 is 17.3 Å². The molecular formula is C24H20N4O. The lowest BCUT2D eigenvalue weighted by Gasteiger charge is -2.37. The molecule has 0 saturated carbocycles. The van der Waals surface area contributed by atoms with Gasteiger partial charge in [-0.25, -0.2) is 0 Å². The highest BCUT2D eigenvalue weighted by Crippen LogP contribution is 2.36. The van der Waals surface area contributed by atoms with Crippen molar-refractivity contribution in [2.24, 2.45) is 0 Å². The van der Waals surface area contributed by atoms with E-state index in [-0.39, 0.29) is 12.1 Å². The van der Waals surface area contributed by atoms with Gasteiger partial charge >= 0.3 is 0 Å². The number of carbonyl (C=O) groups is 1. The van der Waals surface area contributed by atoms with Gasteiger partial charge in [-0.15, -0.1) is 0 Å². The van der Waals surface area contributed by atoms with Crippen LogP contribution in [0, 0.1) is 0 Å². The van der Waals surface area contributed by atoms with Crippen molar-refractivity contribution in [3.63, 3.8) is 0 Å². The predicted molar refractivity (Wildman–Crippen MR) is 114 cm³/mol. The fraction of sp³-hybridized carbons (Fsp3) is 0.0833. The molecule has 1 N–H and O–H groups in total. The molecule has 0 radical (unpaired) electrons. The van der Waals surface area contributed by atoms with Crippen molar-refractivity contribution in [1.29, 1.82) is 0 Å². The highest BCUT2D eigenvalue weighted by molar-refractivity contribution is 6.12. The number of fused-ring (bicyclic) bond motifs is 1. The second-order valence-electron chi connectivity index (χ2n) is 7.06. The first-order chi connectivity index (χ1) is 14.3. The van der Waals surface area contributed by atoms with Gasteiger partial charge < -0.3 is 5.32 Å². The highest BCUT2D eigenvalue weighted by Gasteiger charge is 2.34. The number of hydrogen-bond acceptors (Lipinski definition) is 3. The highest BCUT2D eigenvalue weighted by atomic mass is 16.2. The van der Waals surface area contributed by atoms with Gasteiger partial charge in [0, 0.05) is 23.1 Å². The quantitative estimate of drug-likeness (QED) is 0.558. The summed E-state index contributed by atoms with van der Waals surface area (Å²) in [6.45, 7) is 0.684.